The lowest BCUT2D eigenvalue weighted by molar-refractivity contribution is -0.115. The smallest absolute Gasteiger partial charge is 0.239 e. The molecule has 0 aliphatic carbocycles. The van der Waals surface area contributed by atoms with Crippen LogP contribution in [-0.4, -0.2) is 30.9 Å². The maximum Gasteiger partial charge on any atom is 0.239 e. The molecule has 0 unspecified atom stereocenters. The van der Waals surface area contributed by atoms with E-state index in [0.717, 1.165) is 17.1 Å². The van der Waals surface area contributed by atoms with Gasteiger partial charge in [0.1, 0.15) is 0 Å². The molecule has 6 nitrogen and oxygen atoms in total. The molecule has 0 saturated heterocycles. The van der Waals surface area contributed by atoms with Crippen molar-refractivity contribution in [2.45, 2.75) is 37.7 Å². The van der Waals surface area contributed by atoms with Crippen molar-refractivity contribution in [2.75, 3.05) is 5.32 Å². The molecule has 3 rings (SSSR count). The van der Waals surface area contributed by atoms with Gasteiger partial charge in [0, 0.05) is 17.5 Å². The molecule has 0 fully saturated rings. The molecule has 140 valence electrons. The molecule has 0 aliphatic heterocycles. The molecule has 1 amide bonds. The second-order valence-electron chi connectivity index (χ2n) is 6.11. The Morgan fingerprint density at radius 2 is 2.07 bits per heavy atom. The van der Waals surface area contributed by atoms with E-state index in [0.29, 0.717) is 16.8 Å². The molecule has 0 aliphatic rings. The molecule has 2 heterocycles. The van der Waals surface area contributed by atoms with Gasteiger partial charge in [0.2, 0.25) is 5.91 Å². The Morgan fingerprint density at radius 3 is 2.70 bits per heavy atom. The van der Waals surface area contributed by atoms with Crippen LogP contribution in [0, 0.1) is 13.8 Å². The molecule has 0 spiro atoms. The number of thioether (sulfide) groups is 1. The average Bonchev–Trinajstić information content (AvgIpc) is 3.22. The lowest BCUT2D eigenvalue weighted by Gasteiger charge is -2.12. The summed E-state index contributed by atoms with van der Waals surface area (Å²) in [6.45, 7) is 10.2. The molecule has 0 radical (unpaired) electrons. The number of hydrogen-bond donors (Lipinski definition) is 1. The van der Waals surface area contributed by atoms with Crippen molar-refractivity contribution < 1.29 is 4.79 Å². The van der Waals surface area contributed by atoms with Gasteiger partial charge in [-0.3, -0.25) is 9.36 Å². The molecule has 0 saturated carbocycles. The fraction of sp³-hybridized carbons (Fsp3) is 0.263. The first kappa shape index (κ1) is 19.3. The number of allylic oxidation sites excluding steroid dienone is 1. The molecule has 1 aromatic carbocycles. The van der Waals surface area contributed by atoms with Crippen LogP contribution in [0.25, 0.3) is 11.4 Å². The predicted molar refractivity (Wildman–Crippen MR) is 111 cm³/mol. The van der Waals surface area contributed by atoms with E-state index in [2.05, 4.69) is 27.1 Å². The second kappa shape index (κ2) is 8.49. The summed E-state index contributed by atoms with van der Waals surface area (Å²) in [6.07, 6.45) is 1.80. The van der Waals surface area contributed by atoms with E-state index in [1.54, 1.807) is 6.08 Å². The fourth-order valence-corrected chi connectivity index (χ4v) is 3.97. The van der Waals surface area contributed by atoms with Crippen molar-refractivity contribution in [1.29, 1.82) is 0 Å². The molecule has 8 heteroatoms. The summed E-state index contributed by atoms with van der Waals surface area (Å²) >= 11 is 2.79. The molecular weight excluding hydrogens is 378 g/mol. The van der Waals surface area contributed by atoms with Gasteiger partial charge in [-0.1, -0.05) is 47.7 Å². The summed E-state index contributed by atoms with van der Waals surface area (Å²) in [4.78, 5) is 16.7. The zero-order valence-corrected chi connectivity index (χ0v) is 17.1. The Morgan fingerprint density at radius 1 is 1.33 bits per heavy atom. The van der Waals surface area contributed by atoms with E-state index in [4.69, 9.17) is 0 Å². The number of aryl methyl sites for hydroxylation is 2. The maximum absolute atomic E-state index is 12.5. The van der Waals surface area contributed by atoms with Crippen LogP contribution < -0.4 is 5.32 Å². The van der Waals surface area contributed by atoms with E-state index in [1.165, 1.54) is 28.7 Å². The van der Waals surface area contributed by atoms with Crippen LogP contribution in [0.5, 0.6) is 0 Å². The van der Waals surface area contributed by atoms with E-state index in [-0.39, 0.29) is 11.2 Å². The molecule has 1 N–H and O–H groups in total. The number of rotatable bonds is 7. The number of anilines is 1. The summed E-state index contributed by atoms with van der Waals surface area (Å²) < 4.78 is 1.97. The van der Waals surface area contributed by atoms with Crippen LogP contribution in [0.1, 0.15) is 18.2 Å². The number of thiazole rings is 1. The first-order chi connectivity index (χ1) is 13.0. The number of carbonyl (C=O) groups is 1. The molecule has 0 bridgehead atoms. The molecule has 27 heavy (non-hydrogen) atoms. The first-order valence-electron chi connectivity index (χ1n) is 8.48. The maximum atomic E-state index is 12.5. The van der Waals surface area contributed by atoms with Crippen molar-refractivity contribution >= 4 is 34.1 Å². The largest absolute Gasteiger partial charge is 0.301 e. The Kier molecular flexibility index (Phi) is 6.08. The Hall–Kier alpha value is -2.45. The number of amides is 1. The van der Waals surface area contributed by atoms with Crippen molar-refractivity contribution in [3.05, 3.63) is 53.6 Å². The zero-order valence-electron chi connectivity index (χ0n) is 15.5. The lowest BCUT2D eigenvalue weighted by atomic mass is 10.1. The minimum Gasteiger partial charge on any atom is -0.301 e. The van der Waals surface area contributed by atoms with Crippen molar-refractivity contribution in [2.24, 2.45) is 0 Å². The van der Waals surface area contributed by atoms with Gasteiger partial charge in [-0.25, -0.2) is 4.98 Å². The normalized spacial score (nSPS) is 12.0. The van der Waals surface area contributed by atoms with Gasteiger partial charge in [-0.15, -0.1) is 28.1 Å². The summed E-state index contributed by atoms with van der Waals surface area (Å²) in [5, 5.41) is 14.3. The van der Waals surface area contributed by atoms with Crippen LogP contribution >= 0.6 is 23.1 Å². The SMILES string of the molecule is C=CCn1c(S[C@@H](C)C(=O)Nc2nc(C)cs2)nnc1-c1ccc(C)cc1. The average molecular weight is 400 g/mol. The van der Waals surface area contributed by atoms with Crippen LogP contribution in [0.2, 0.25) is 0 Å². The van der Waals surface area contributed by atoms with E-state index < -0.39 is 0 Å². The summed E-state index contributed by atoms with van der Waals surface area (Å²) in [7, 11) is 0. The Labute approximate surface area is 166 Å². The van der Waals surface area contributed by atoms with Gasteiger partial charge in [0.25, 0.3) is 0 Å². The number of hydrogen-bond acceptors (Lipinski definition) is 6. The van der Waals surface area contributed by atoms with Crippen molar-refractivity contribution in [3.8, 4) is 11.4 Å². The van der Waals surface area contributed by atoms with Crippen molar-refractivity contribution in [3.63, 3.8) is 0 Å². The number of nitrogens with one attached hydrogen (secondary N) is 1. The van der Waals surface area contributed by atoms with Crippen LogP contribution in [-0.2, 0) is 11.3 Å². The summed E-state index contributed by atoms with van der Waals surface area (Å²) in [5.74, 6) is 0.653. The standard InChI is InChI=1S/C19H21N5OS2/c1-5-10-24-16(15-8-6-12(2)7-9-15)22-23-19(24)27-14(4)17(25)21-18-20-13(3)11-26-18/h5-9,11,14H,1,10H2,2-4H3,(H,20,21,25)/t14-/m0/s1. The third-order valence-corrected chi connectivity index (χ3v) is 5.79. The topological polar surface area (TPSA) is 72.7 Å². The highest BCUT2D eigenvalue weighted by Gasteiger charge is 2.21. The quantitative estimate of drug-likeness (QED) is 0.473. The number of nitrogens with zero attached hydrogens (tertiary/aromatic N) is 4. The highest BCUT2D eigenvalue weighted by molar-refractivity contribution is 8.00. The van der Waals surface area contributed by atoms with Gasteiger partial charge < -0.3 is 5.32 Å². The zero-order chi connectivity index (χ0) is 19.4. The minimum atomic E-state index is -0.340. The number of carbonyl (C=O) groups excluding carboxylic acids is 1. The van der Waals surface area contributed by atoms with Crippen LogP contribution in [0.4, 0.5) is 5.13 Å². The van der Waals surface area contributed by atoms with Crippen LogP contribution in [0.3, 0.4) is 0 Å². The highest BCUT2D eigenvalue weighted by Crippen LogP contribution is 2.28. The summed E-state index contributed by atoms with van der Waals surface area (Å²) in [5.41, 5.74) is 3.06. The van der Waals surface area contributed by atoms with E-state index in [9.17, 15) is 4.79 Å². The number of benzene rings is 1. The molecule has 1 atom stereocenters. The van der Waals surface area contributed by atoms with Crippen molar-refractivity contribution in [1.82, 2.24) is 19.7 Å². The van der Waals surface area contributed by atoms with Gasteiger partial charge in [-0.05, 0) is 20.8 Å². The van der Waals surface area contributed by atoms with Gasteiger partial charge >= 0.3 is 0 Å². The van der Waals surface area contributed by atoms with Gasteiger partial charge in [-0.2, -0.15) is 0 Å². The predicted octanol–water partition coefficient (Wildman–Crippen LogP) is 4.32. The van der Waals surface area contributed by atoms with E-state index in [1.807, 2.05) is 55.0 Å². The van der Waals surface area contributed by atoms with Crippen LogP contribution in [0.15, 0.2) is 47.5 Å². The number of aromatic nitrogens is 4. The molecule has 3 aromatic rings. The second-order valence-corrected chi connectivity index (χ2v) is 8.28. The minimum absolute atomic E-state index is 0.112. The highest BCUT2D eigenvalue weighted by atomic mass is 32.2. The molecule has 2 aromatic heterocycles. The third-order valence-electron chi connectivity index (χ3n) is 3.84. The molecular formula is C19H21N5OS2. The lowest BCUT2D eigenvalue weighted by Crippen LogP contribution is -2.22. The fourth-order valence-electron chi connectivity index (χ4n) is 2.42. The van der Waals surface area contributed by atoms with Gasteiger partial charge in [0.05, 0.1) is 10.9 Å². The van der Waals surface area contributed by atoms with E-state index >= 15 is 0 Å². The first-order valence-corrected chi connectivity index (χ1v) is 10.2. The Balaban J connectivity index is 1.78. The third kappa shape index (κ3) is 4.64. The van der Waals surface area contributed by atoms with Gasteiger partial charge in [0.15, 0.2) is 16.1 Å². The monoisotopic (exact) mass is 399 g/mol. The summed E-state index contributed by atoms with van der Waals surface area (Å²) in [6, 6.07) is 8.13. The Bertz CT molecular complexity index is 945.